The lowest BCUT2D eigenvalue weighted by molar-refractivity contribution is 0.402. The second-order valence-corrected chi connectivity index (χ2v) is 5.80. The highest BCUT2D eigenvalue weighted by Crippen LogP contribution is 2.31. The average Bonchev–Trinajstić information content (AvgIpc) is 3.03. The van der Waals surface area contributed by atoms with Crippen molar-refractivity contribution in [1.82, 2.24) is 4.98 Å². The monoisotopic (exact) mass is 322 g/mol. The van der Waals surface area contributed by atoms with Crippen molar-refractivity contribution >= 4 is 33.2 Å². The fourth-order valence-electron chi connectivity index (χ4n) is 2.24. The van der Waals surface area contributed by atoms with Crippen LogP contribution in [0, 0.1) is 11.3 Å². The summed E-state index contributed by atoms with van der Waals surface area (Å²) in [5, 5.41) is 10.2. The number of benzene rings is 2. The van der Waals surface area contributed by atoms with Crippen LogP contribution in [0.5, 0.6) is 11.5 Å². The van der Waals surface area contributed by atoms with Crippen LogP contribution in [0.15, 0.2) is 42.5 Å². The van der Waals surface area contributed by atoms with E-state index in [4.69, 9.17) is 9.47 Å². The molecule has 0 saturated heterocycles. The Kier molecular flexibility index (Phi) is 4.26. The van der Waals surface area contributed by atoms with Gasteiger partial charge in [0.1, 0.15) is 22.6 Å². The van der Waals surface area contributed by atoms with Gasteiger partial charge < -0.3 is 9.47 Å². The van der Waals surface area contributed by atoms with Gasteiger partial charge in [-0.3, -0.25) is 0 Å². The summed E-state index contributed by atoms with van der Waals surface area (Å²) in [6.07, 6.45) is 1.78. The number of allylic oxidation sites excluding steroid dienone is 1. The number of para-hydroxylation sites is 1. The van der Waals surface area contributed by atoms with Crippen molar-refractivity contribution in [3.05, 3.63) is 53.0 Å². The average molecular weight is 322 g/mol. The van der Waals surface area contributed by atoms with Crippen LogP contribution in [0.1, 0.15) is 10.6 Å². The van der Waals surface area contributed by atoms with Gasteiger partial charge >= 0.3 is 0 Å². The Morgan fingerprint density at radius 2 is 2.00 bits per heavy atom. The van der Waals surface area contributed by atoms with E-state index < -0.39 is 0 Å². The lowest BCUT2D eigenvalue weighted by atomic mass is 10.1. The van der Waals surface area contributed by atoms with Crippen molar-refractivity contribution in [3.8, 4) is 17.6 Å². The summed E-state index contributed by atoms with van der Waals surface area (Å²) in [5.41, 5.74) is 2.17. The molecule has 0 amide bonds. The van der Waals surface area contributed by atoms with Crippen LogP contribution in [-0.2, 0) is 0 Å². The third kappa shape index (κ3) is 3.03. The molecule has 0 saturated carbocycles. The van der Waals surface area contributed by atoms with Crippen molar-refractivity contribution < 1.29 is 9.47 Å². The summed E-state index contributed by atoms with van der Waals surface area (Å²) in [6, 6.07) is 15.5. The molecule has 1 heterocycles. The van der Waals surface area contributed by atoms with E-state index in [-0.39, 0.29) is 0 Å². The van der Waals surface area contributed by atoms with Crippen molar-refractivity contribution in [2.24, 2.45) is 0 Å². The van der Waals surface area contributed by atoms with Gasteiger partial charge in [0.25, 0.3) is 0 Å². The Morgan fingerprint density at radius 3 is 2.70 bits per heavy atom. The normalized spacial score (nSPS) is 11.3. The van der Waals surface area contributed by atoms with E-state index in [1.54, 1.807) is 20.3 Å². The molecule has 5 heteroatoms. The van der Waals surface area contributed by atoms with Gasteiger partial charge in [-0.15, -0.1) is 11.3 Å². The quantitative estimate of drug-likeness (QED) is 0.669. The summed E-state index contributed by atoms with van der Waals surface area (Å²) in [4.78, 5) is 4.53. The highest BCUT2D eigenvalue weighted by molar-refractivity contribution is 7.19. The summed E-state index contributed by atoms with van der Waals surface area (Å²) in [7, 11) is 3.21. The van der Waals surface area contributed by atoms with Gasteiger partial charge in [0.05, 0.1) is 30.0 Å². The second kappa shape index (κ2) is 6.51. The van der Waals surface area contributed by atoms with Crippen LogP contribution in [0.2, 0.25) is 0 Å². The SMILES string of the molecule is COc1ccc(OC)c(/C=C(/C#N)c2nc3ccccc3s2)c1. The zero-order valence-electron chi connectivity index (χ0n) is 12.7. The zero-order chi connectivity index (χ0) is 16.2. The van der Waals surface area contributed by atoms with E-state index in [1.165, 1.54) is 11.3 Å². The van der Waals surface area contributed by atoms with E-state index >= 15 is 0 Å². The van der Waals surface area contributed by atoms with Crippen LogP contribution in [0.25, 0.3) is 21.9 Å². The van der Waals surface area contributed by atoms with Crippen LogP contribution >= 0.6 is 11.3 Å². The number of fused-ring (bicyclic) bond motifs is 1. The Bertz CT molecular complexity index is 889. The number of hydrogen-bond donors (Lipinski definition) is 0. The summed E-state index contributed by atoms with van der Waals surface area (Å²) in [6.45, 7) is 0. The molecule has 0 spiro atoms. The van der Waals surface area contributed by atoms with Gasteiger partial charge in [-0.1, -0.05) is 12.1 Å². The summed E-state index contributed by atoms with van der Waals surface area (Å²) < 4.78 is 11.7. The molecule has 0 unspecified atom stereocenters. The zero-order valence-corrected chi connectivity index (χ0v) is 13.6. The van der Waals surface area contributed by atoms with Crippen LogP contribution in [-0.4, -0.2) is 19.2 Å². The molecule has 4 nitrogen and oxygen atoms in total. The van der Waals surface area contributed by atoms with Gasteiger partial charge in [0, 0.05) is 5.56 Å². The number of nitrogens with zero attached hydrogens (tertiary/aromatic N) is 2. The van der Waals surface area contributed by atoms with E-state index in [0.29, 0.717) is 22.1 Å². The molecule has 0 bridgehead atoms. The lowest BCUT2D eigenvalue weighted by Gasteiger charge is -2.07. The van der Waals surface area contributed by atoms with Crippen molar-refractivity contribution in [2.75, 3.05) is 14.2 Å². The molecule has 114 valence electrons. The molecule has 0 aliphatic rings. The fourth-order valence-corrected chi connectivity index (χ4v) is 3.17. The number of methoxy groups -OCH3 is 2. The first-order valence-corrected chi connectivity index (χ1v) is 7.76. The smallest absolute Gasteiger partial charge is 0.135 e. The molecule has 0 atom stereocenters. The molecule has 0 radical (unpaired) electrons. The standard InChI is InChI=1S/C18H14N2O2S/c1-21-14-7-8-16(22-2)12(10-14)9-13(11-19)18-20-15-5-3-4-6-17(15)23-18/h3-10H,1-2H3/b13-9-. The van der Waals surface area contributed by atoms with Gasteiger partial charge in [0.2, 0.25) is 0 Å². The minimum absolute atomic E-state index is 0.498. The predicted octanol–water partition coefficient (Wildman–Crippen LogP) is 4.38. The van der Waals surface area contributed by atoms with Crippen LogP contribution in [0.4, 0.5) is 0 Å². The van der Waals surface area contributed by atoms with E-state index in [1.807, 2.05) is 42.5 Å². The van der Waals surface area contributed by atoms with Gasteiger partial charge in [0.15, 0.2) is 0 Å². The largest absolute Gasteiger partial charge is 0.497 e. The number of thiazole rings is 1. The van der Waals surface area contributed by atoms with E-state index in [9.17, 15) is 5.26 Å². The third-order valence-corrected chi connectivity index (χ3v) is 4.45. The minimum Gasteiger partial charge on any atom is -0.497 e. The topological polar surface area (TPSA) is 55.1 Å². The van der Waals surface area contributed by atoms with Crippen molar-refractivity contribution in [2.45, 2.75) is 0 Å². The maximum absolute atomic E-state index is 9.53. The fraction of sp³-hybridized carbons (Fsp3) is 0.111. The molecular formula is C18H14N2O2S. The second-order valence-electron chi connectivity index (χ2n) is 4.76. The molecule has 0 aliphatic carbocycles. The molecule has 0 aliphatic heterocycles. The molecule has 3 rings (SSSR count). The number of hydrogen-bond acceptors (Lipinski definition) is 5. The molecule has 23 heavy (non-hydrogen) atoms. The first-order valence-electron chi connectivity index (χ1n) is 6.95. The molecule has 1 aromatic heterocycles. The molecule has 3 aromatic rings. The molecular weight excluding hydrogens is 308 g/mol. The molecule has 0 N–H and O–H groups in total. The van der Waals surface area contributed by atoms with E-state index in [2.05, 4.69) is 11.1 Å². The highest BCUT2D eigenvalue weighted by Gasteiger charge is 2.10. The molecule has 0 fully saturated rings. The first kappa shape index (κ1) is 15.1. The third-order valence-electron chi connectivity index (χ3n) is 3.38. The van der Waals surface area contributed by atoms with E-state index in [0.717, 1.165) is 15.8 Å². The van der Waals surface area contributed by atoms with Crippen molar-refractivity contribution in [1.29, 1.82) is 5.26 Å². The first-order chi connectivity index (χ1) is 11.2. The summed E-state index contributed by atoms with van der Waals surface area (Å²) in [5.74, 6) is 1.39. The Labute approximate surface area is 138 Å². The van der Waals surface area contributed by atoms with Gasteiger partial charge in [-0.05, 0) is 36.4 Å². The van der Waals surface area contributed by atoms with Gasteiger partial charge in [-0.25, -0.2) is 4.98 Å². The predicted molar refractivity (Wildman–Crippen MR) is 92.7 cm³/mol. The molecule has 2 aromatic carbocycles. The number of ether oxygens (including phenoxy) is 2. The Balaban J connectivity index is 2.10. The van der Waals surface area contributed by atoms with Crippen LogP contribution < -0.4 is 9.47 Å². The Hall–Kier alpha value is -2.84. The lowest BCUT2D eigenvalue weighted by Crippen LogP contribution is -1.90. The maximum atomic E-state index is 9.53. The maximum Gasteiger partial charge on any atom is 0.135 e. The van der Waals surface area contributed by atoms with Crippen molar-refractivity contribution in [3.63, 3.8) is 0 Å². The number of aromatic nitrogens is 1. The minimum atomic E-state index is 0.498. The summed E-state index contributed by atoms with van der Waals surface area (Å²) >= 11 is 1.50. The van der Waals surface area contributed by atoms with Gasteiger partial charge in [-0.2, -0.15) is 5.26 Å². The number of rotatable bonds is 4. The highest BCUT2D eigenvalue weighted by atomic mass is 32.1. The Morgan fingerprint density at radius 1 is 1.17 bits per heavy atom. The number of nitriles is 1. The van der Waals surface area contributed by atoms with Crippen LogP contribution in [0.3, 0.4) is 0 Å².